The number of halogens is 2. The predicted molar refractivity (Wildman–Crippen MR) is 109 cm³/mol. The van der Waals surface area contributed by atoms with Crippen LogP contribution in [-0.4, -0.2) is 44.7 Å². The van der Waals surface area contributed by atoms with Crippen molar-refractivity contribution in [1.29, 1.82) is 0 Å². The third kappa shape index (κ3) is 5.61. The normalized spacial score (nSPS) is 16.7. The van der Waals surface area contributed by atoms with Crippen molar-refractivity contribution in [3.8, 4) is 0 Å². The lowest BCUT2D eigenvalue weighted by Gasteiger charge is -2.42. The fourth-order valence-corrected chi connectivity index (χ4v) is 4.43. The van der Waals surface area contributed by atoms with Gasteiger partial charge < -0.3 is 10.0 Å². The lowest BCUT2D eigenvalue weighted by atomic mass is 9.72. The van der Waals surface area contributed by atoms with Gasteiger partial charge in [-0.2, -0.15) is 8.42 Å². The van der Waals surface area contributed by atoms with Crippen molar-refractivity contribution in [3.05, 3.63) is 71.3 Å². The topological polar surface area (TPSA) is 92.9 Å². The zero-order chi connectivity index (χ0) is 21.8. The maximum Gasteiger partial charge on any atom is 0.333 e. The minimum Gasteiger partial charge on any atom is -0.380 e. The van der Waals surface area contributed by atoms with Gasteiger partial charge in [-0.05, 0) is 73.7 Å². The highest BCUT2D eigenvalue weighted by atomic mass is 32.2. The number of likely N-dealkylation sites (tertiary alicyclic amines) is 1. The molecule has 1 aliphatic heterocycles. The number of benzene rings is 2. The summed E-state index contributed by atoms with van der Waals surface area (Å²) in [5.41, 5.74) is -0.240. The van der Waals surface area contributed by atoms with Crippen LogP contribution in [0.15, 0.2) is 48.5 Å². The smallest absolute Gasteiger partial charge is 0.333 e. The molecule has 3 N–H and O–H groups in total. The number of hydrogen-bond acceptors (Lipinski definition) is 5. The average molecular weight is 441 g/mol. The van der Waals surface area contributed by atoms with Crippen molar-refractivity contribution < 1.29 is 26.5 Å². The van der Waals surface area contributed by atoms with E-state index in [1.54, 1.807) is 24.3 Å². The van der Waals surface area contributed by atoms with Crippen LogP contribution in [0.1, 0.15) is 30.4 Å². The van der Waals surface area contributed by atoms with Crippen LogP contribution in [0.5, 0.6) is 0 Å². The van der Waals surface area contributed by atoms with Crippen molar-refractivity contribution in [1.82, 2.24) is 4.90 Å². The number of hydrogen-bond donors (Lipinski definition) is 2. The highest BCUT2D eigenvalue weighted by molar-refractivity contribution is 7.84. The standard InChI is InChI=1S/C21H26F2N2O4S/c22-19-6-2-16(3-7-19)21(26,17-4-8-20(23)9-5-17)18-10-13-25(14-11-18)12-1-15-29-30(24,27)28/h2-9,18,26H,1,10-15H2,(H2,24,27,28). The summed E-state index contributed by atoms with van der Waals surface area (Å²) in [5.74, 6) is -0.932. The molecule has 0 saturated carbocycles. The molecule has 0 aromatic heterocycles. The van der Waals surface area contributed by atoms with Crippen molar-refractivity contribution in [2.75, 3.05) is 26.2 Å². The summed E-state index contributed by atoms with van der Waals surface area (Å²) in [7, 11) is -3.93. The van der Waals surface area contributed by atoms with Gasteiger partial charge in [0.15, 0.2) is 0 Å². The molecule has 1 aliphatic rings. The molecule has 0 aliphatic carbocycles. The summed E-state index contributed by atoms with van der Waals surface area (Å²) in [4.78, 5) is 2.17. The Morgan fingerprint density at radius 3 is 1.90 bits per heavy atom. The van der Waals surface area contributed by atoms with Gasteiger partial charge in [-0.25, -0.2) is 13.9 Å². The predicted octanol–water partition coefficient (Wildman–Crippen LogP) is 2.52. The van der Waals surface area contributed by atoms with Crippen LogP contribution >= 0.6 is 0 Å². The molecular formula is C21H26F2N2O4S. The van der Waals surface area contributed by atoms with Crippen molar-refractivity contribution >= 4 is 10.3 Å². The number of piperidine rings is 1. The Kier molecular flexibility index (Phi) is 7.20. The summed E-state index contributed by atoms with van der Waals surface area (Å²) < 4.78 is 53.1. The van der Waals surface area contributed by atoms with Crippen LogP contribution in [0.2, 0.25) is 0 Å². The van der Waals surface area contributed by atoms with Crippen molar-refractivity contribution in [2.24, 2.45) is 11.1 Å². The van der Waals surface area contributed by atoms with E-state index >= 15 is 0 Å². The maximum atomic E-state index is 13.5. The first-order valence-electron chi connectivity index (χ1n) is 9.82. The van der Waals surface area contributed by atoms with Crippen LogP contribution in [0.4, 0.5) is 8.78 Å². The minimum atomic E-state index is -3.93. The Bertz CT molecular complexity index is 883. The van der Waals surface area contributed by atoms with E-state index in [0.29, 0.717) is 50.0 Å². The third-order valence-electron chi connectivity index (χ3n) is 5.61. The van der Waals surface area contributed by atoms with E-state index in [9.17, 15) is 22.3 Å². The molecule has 1 saturated heterocycles. The third-order valence-corrected chi connectivity index (χ3v) is 6.11. The molecule has 30 heavy (non-hydrogen) atoms. The first-order valence-corrected chi connectivity index (χ1v) is 11.3. The van der Waals surface area contributed by atoms with Gasteiger partial charge in [-0.3, -0.25) is 4.18 Å². The van der Waals surface area contributed by atoms with Crippen LogP contribution in [0, 0.1) is 17.6 Å². The molecule has 0 amide bonds. The lowest BCUT2D eigenvalue weighted by Crippen LogP contribution is -2.44. The first kappa shape index (κ1) is 22.8. The highest BCUT2D eigenvalue weighted by Crippen LogP contribution is 2.42. The Hall–Kier alpha value is -1.91. The molecule has 164 valence electrons. The van der Waals surface area contributed by atoms with E-state index in [1.165, 1.54) is 24.3 Å². The van der Waals surface area contributed by atoms with Gasteiger partial charge in [-0.15, -0.1) is 0 Å². The van der Waals surface area contributed by atoms with Gasteiger partial charge in [0.2, 0.25) is 0 Å². The summed E-state index contributed by atoms with van der Waals surface area (Å²) in [5, 5.41) is 16.6. The van der Waals surface area contributed by atoms with E-state index in [-0.39, 0.29) is 12.5 Å². The van der Waals surface area contributed by atoms with Gasteiger partial charge in [-0.1, -0.05) is 24.3 Å². The summed E-state index contributed by atoms with van der Waals surface area (Å²) in [6.07, 6.45) is 1.85. The summed E-state index contributed by atoms with van der Waals surface area (Å²) in [6, 6.07) is 11.5. The van der Waals surface area contributed by atoms with Gasteiger partial charge in [0.25, 0.3) is 0 Å². The monoisotopic (exact) mass is 440 g/mol. The van der Waals surface area contributed by atoms with E-state index < -0.39 is 27.5 Å². The lowest BCUT2D eigenvalue weighted by molar-refractivity contribution is -0.0146. The van der Waals surface area contributed by atoms with E-state index in [4.69, 9.17) is 5.14 Å². The van der Waals surface area contributed by atoms with E-state index in [0.717, 1.165) is 0 Å². The first-order chi connectivity index (χ1) is 14.2. The second kappa shape index (κ2) is 9.49. The number of aliphatic hydroxyl groups is 1. The van der Waals surface area contributed by atoms with Gasteiger partial charge in [0.05, 0.1) is 6.61 Å². The fourth-order valence-electron chi connectivity index (χ4n) is 4.08. The van der Waals surface area contributed by atoms with Gasteiger partial charge in [0, 0.05) is 6.54 Å². The molecule has 0 atom stereocenters. The van der Waals surface area contributed by atoms with Crippen LogP contribution in [-0.2, 0) is 20.1 Å². The minimum absolute atomic E-state index is 0.0217. The Balaban J connectivity index is 1.71. The molecule has 9 heteroatoms. The molecule has 0 spiro atoms. The van der Waals surface area contributed by atoms with E-state index in [2.05, 4.69) is 9.08 Å². The van der Waals surface area contributed by atoms with Crippen LogP contribution in [0.3, 0.4) is 0 Å². The molecular weight excluding hydrogens is 414 g/mol. The van der Waals surface area contributed by atoms with Crippen molar-refractivity contribution in [2.45, 2.75) is 24.9 Å². The van der Waals surface area contributed by atoms with Gasteiger partial charge >= 0.3 is 10.3 Å². The molecule has 0 radical (unpaired) electrons. The average Bonchev–Trinajstić information content (AvgIpc) is 2.71. The largest absolute Gasteiger partial charge is 0.380 e. The molecule has 6 nitrogen and oxygen atoms in total. The Morgan fingerprint density at radius 2 is 1.47 bits per heavy atom. The molecule has 1 heterocycles. The summed E-state index contributed by atoms with van der Waals surface area (Å²) >= 11 is 0. The molecule has 1 fully saturated rings. The SMILES string of the molecule is NS(=O)(=O)OCCCN1CCC(C(O)(c2ccc(F)cc2)c2ccc(F)cc2)CC1. The van der Waals surface area contributed by atoms with Crippen LogP contribution < -0.4 is 5.14 Å². The Morgan fingerprint density at radius 1 is 1.00 bits per heavy atom. The van der Waals surface area contributed by atoms with E-state index in [1.807, 2.05) is 0 Å². The maximum absolute atomic E-state index is 13.5. The van der Waals surface area contributed by atoms with Crippen molar-refractivity contribution in [3.63, 3.8) is 0 Å². The number of nitrogens with two attached hydrogens (primary N) is 1. The fraction of sp³-hybridized carbons (Fsp3) is 0.429. The molecule has 2 aromatic carbocycles. The quantitative estimate of drug-likeness (QED) is 0.616. The number of rotatable bonds is 8. The molecule has 3 rings (SSSR count). The Labute approximate surface area is 175 Å². The molecule has 0 bridgehead atoms. The zero-order valence-electron chi connectivity index (χ0n) is 16.5. The second-order valence-electron chi connectivity index (χ2n) is 7.56. The second-order valence-corrected chi connectivity index (χ2v) is 8.79. The zero-order valence-corrected chi connectivity index (χ0v) is 17.3. The number of nitrogens with zero attached hydrogens (tertiary/aromatic N) is 1. The molecule has 0 unspecified atom stereocenters. The highest BCUT2D eigenvalue weighted by Gasteiger charge is 2.41. The summed E-state index contributed by atoms with van der Waals surface area (Å²) in [6.45, 7) is 2.07. The molecule has 2 aromatic rings. The van der Waals surface area contributed by atoms with Crippen LogP contribution in [0.25, 0.3) is 0 Å². The van der Waals surface area contributed by atoms with Gasteiger partial charge in [0.1, 0.15) is 17.2 Å².